The van der Waals surface area contributed by atoms with Gasteiger partial charge < -0.3 is 14.9 Å². The molecule has 0 saturated carbocycles. The van der Waals surface area contributed by atoms with Crippen LogP contribution in [0.5, 0.6) is 0 Å². The summed E-state index contributed by atoms with van der Waals surface area (Å²) in [5.41, 5.74) is 0.544. The van der Waals surface area contributed by atoms with Gasteiger partial charge in [0.05, 0.1) is 5.92 Å². The van der Waals surface area contributed by atoms with E-state index < -0.39 is 23.7 Å². The van der Waals surface area contributed by atoms with Crippen molar-refractivity contribution in [3.05, 3.63) is 30.1 Å². The van der Waals surface area contributed by atoms with Crippen molar-refractivity contribution in [1.82, 2.24) is 4.90 Å². The number of carboxylic acid groups (broad SMARTS) is 1. The minimum atomic E-state index is -1.00. The number of halogens is 1. The number of hydrogen-bond donors (Lipinski definition) is 1. The SMILES string of the molecule is O=C(O)C1CCCN1C(=O)C1CC(=O)N(c2ccc(F)cc2)C1. The molecule has 0 aromatic heterocycles. The van der Waals surface area contributed by atoms with Gasteiger partial charge in [-0.15, -0.1) is 0 Å². The highest BCUT2D eigenvalue weighted by molar-refractivity contribution is 6.00. The first-order chi connectivity index (χ1) is 11.0. The highest BCUT2D eigenvalue weighted by atomic mass is 19.1. The average molecular weight is 320 g/mol. The minimum Gasteiger partial charge on any atom is -0.480 e. The fourth-order valence-corrected chi connectivity index (χ4v) is 3.27. The van der Waals surface area contributed by atoms with Crippen LogP contribution in [-0.2, 0) is 14.4 Å². The zero-order chi connectivity index (χ0) is 16.6. The van der Waals surface area contributed by atoms with Gasteiger partial charge in [-0.2, -0.15) is 0 Å². The maximum absolute atomic E-state index is 13.0. The highest BCUT2D eigenvalue weighted by Crippen LogP contribution is 2.29. The minimum absolute atomic E-state index is 0.0546. The third-order valence-electron chi connectivity index (χ3n) is 4.43. The third-order valence-corrected chi connectivity index (χ3v) is 4.43. The molecule has 0 bridgehead atoms. The van der Waals surface area contributed by atoms with Crippen LogP contribution in [0.1, 0.15) is 19.3 Å². The van der Waals surface area contributed by atoms with Crippen LogP contribution in [0, 0.1) is 11.7 Å². The number of benzene rings is 1. The molecule has 2 atom stereocenters. The predicted octanol–water partition coefficient (Wildman–Crippen LogP) is 1.25. The molecule has 3 rings (SSSR count). The Balaban J connectivity index is 1.73. The number of anilines is 1. The van der Waals surface area contributed by atoms with Crippen molar-refractivity contribution >= 4 is 23.5 Å². The van der Waals surface area contributed by atoms with E-state index in [2.05, 4.69) is 0 Å². The Hall–Kier alpha value is -2.44. The van der Waals surface area contributed by atoms with E-state index in [1.54, 1.807) is 0 Å². The summed E-state index contributed by atoms with van der Waals surface area (Å²) in [5, 5.41) is 9.18. The van der Waals surface area contributed by atoms with Crippen LogP contribution in [0.2, 0.25) is 0 Å². The molecule has 7 heteroatoms. The number of carbonyl (C=O) groups excluding carboxylic acids is 2. The first kappa shape index (κ1) is 15.5. The van der Waals surface area contributed by atoms with Gasteiger partial charge >= 0.3 is 5.97 Å². The van der Waals surface area contributed by atoms with Gasteiger partial charge in [0.25, 0.3) is 0 Å². The van der Waals surface area contributed by atoms with Crippen molar-refractivity contribution < 1.29 is 23.9 Å². The number of likely N-dealkylation sites (tertiary alicyclic amines) is 1. The summed E-state index contributed by atoms with van der Waals surface area (Å²) in [6.07, 6.45) is 1.16. The smallest absolute Gasteiger partial charge is 0.326 e. The van der Waals surface area contributed by atoms with Gasteiger partial charge in [0.1, 0.15) is 11.9 Å². The second-order valence-electron chi connectivity index (χ2n) is 5.91. The maximum Gasteiger partial charge on any atom is 0.326 e. The van der Waals surface area contributed by atoms with E-state index in [9.17, 15) is 23.9 Å². The second-order valence-corrected chi connectivity index (χ2v) is 5.91. The summed E-state index contributed by atoms with van der Waals surface area (Å²) in [7, 11) is 0. The normalized spacial score (nSPS) is 24.3. The lowest BCUT2D eigenvalue weighted by atomic mass is 10.1. The van der Waals surface area contributed by atoms with Crippen LogP contribution in [0.25, 0.3) is 0 Å². The molecule has 0 spiro atoms. The summed E-state index contributed by atoms with van der Waals surface area (Å²) in [6.45, 7) is 0.614. The molecule has 2 fully saturated rings. The Morgan fingerprint density at radius 3 is 2.57 bits per heavy atom. The van der Waals surface area contributed by atoms with Crippen LogP contribution in [0.3, 0.4) is 0 Å². The van der Waals surface area contributed by atoms with Crippen LogP contribution >= 0.6 is 0 Å². The van der Waals surface area contributed by atoms with Crippen LogP contribution < -0.4 is 4.90 Å². The van der Waals surface area contributed by atoms with E-state index in [0.717, 1.165) is 0 Å². The number of nitrogens with zero attached hydrogens (tertiary/aromatic N) is 2. The van der Waals surface area contributed by atoms with Gasteiger partial charge in [-0.3, -0.25) is 9.59 Å². The molecule has 122 valence electrons. The van der Waals surface area contributed by atoms with E-state index in [4.69, 9.17) is 0 Å². The standard InChI is InChI=1S/C16H17FN2O4/c17-11-3-5-12(6-4-11)19-9-10(8-14(19)20)15(21)18-7-1-2-13(18)16(22)23/h3-6,10,13H,1-2,7-9H2,(H,22,23). The molecular formula is C16H17FN2O4. The average Bonchev–Trinajstić information content (AvgIpc) is 3.14. The number of rotatable bonds is 3. The van der Waals surface area contributed by atoms with E-state index in [-0.39, 0.29) is 24.8 Å². The molecule has 2 saturated heterocycles. The van der Waals surface area contributed by atoms with Gasteiger partial charge in [-0.1, -0.05) is 0 Å². The fraction of sp³-hybridized carbons (Fsp3) is 0.438. The largest absolute Gasteiger partial charge is 0.480 e. The molecule has 1 aromatic rings. The Morgan fingerprint density at radius 1 is 1.22 bits per heavy atom. The number of amides is 2. The van der Waals surface area contributed by atoms with Crippen LogP contribution in [-0.4, -0.2) is 46.9 Å². The lowest BCUT2D eigenvalue weighted by molar-refractivity contribution is -0.149. The first-order valence-electron chi connectivity index (χ1n) is 7.56. The van der Waals surface area contributed by atoms with Crippen molar-refractivity contribution in [1.29, 1.82) is 0 Å². The van der Waals surface area contributed by atoms with Gasteiger partial charge in [-0.05, 0) is 37.1 Å². The quantitative estimate of drug-likeness (QED) is 0.909. The van der Waals surface area contributed by atoms with E-state index >= 15 is 0 Å². The summed E-state index contributed by atoms with van der Waals surface area (Å²) in [5.74, 6) is -2.44. The van der Waals surface area contributed by atoms with E-state index in [1.807, 2.05) is 0 Å². The van der Waals surface area contributed by atoms with Gasteiger partial charge in [0.2, 0.25) is 11.8 Å². The Morgan fingerprint density at radius 2 is 1.91 bits per heavy atom. The Kier molecular flexibility index (Phi) is 4.02. The zero-order valence-corrected chi connectivity index (χ0v) is 12.4. The monoisotopic (exact) mass is 320 g/mol. The van der Waals surface area contributed by atoms with Crippen molar-refractivity contribution in [2.24, 2.45) is 5.92 Å². The predicted molar refractivity (Wildman–Crippen MR) is 79.2 cm³/mol. The second kappa shape index (κ2) is 5.98. The van der Waals surface area contributed by atoms with Gasteiger partial charge in [0, 0.05) is 25.2 Å². The Bertz CT molecular complexity index is 646. The van der Waals surface area contributed by atoms with E-state index in [0.29, 0.717) is 25.1 Å². The molecule has 6 nitrogen and oxygen atoms in total. The lowest BCUT2D eigenvalue weighted by Crippen LogP contribution is -2.44. The third kappa shape index (κ3) is 2.91. The van der Waals surface area contributed by atoms with Crippen molar-refractivity contribution in [2.75, 3.05) is 18.0 Å². The number of carbonyl (C=O) groups is 3. The van der Waals surface area contributed by atoms with Crippen LogP contribution in [0.4, 0.5) is 10.1 Å². The number of hydrogen-bond acceptors (Lipinski definition) is 3. The van der Waals surface area contributed by atoms with E-state index in [1.165, 1.54) is 34.1 Å². The lowest BCUT2D eigenvalue weighted by Gasteiger charge is -2.24. The first-order valence-corrected chi connectivity index (χ1v) is 7.56. The molecule has 1 aromatic carbocycles. The summed E-state index contributed by atoms with van der Waals surface area (Å²) in [4.78, 5) is 38.7. The number of aliphatic carboxylic acids is 1. The number of carboxylic acids is 1. The topological polar surface area (TPSA) is 77.9 Å². The van der Waals surface area contributed by atoms with Gasteiger partial charge in [0.15, 0.2) is 0 Å². The molecule has 2 aliphatic rings. The molecule has 0 radical (unpaired) electrons. The van der Waals surface area contributed by atoms with Crippen LogP contribution in [0.15, 0.2) is 24.3 Å². The molecule has 2 aliphatic heterocycles. The summed E-state index contributed by atoms with van der Waals surface area (Å²) >= 11 is 0. The van der Waals surface area contributed by atoms with Crippen molar-refractivity contribution in [3.8, 4) is 0 Å². The summed E-state index contributed by atoms with van der Waals surface area (Å²) < 4.78 is 13.0. The molecule has 2 amide bonds. The highest BCUT2D eigenvalue weighted by Gasteiger charge is 2.42. The fourth-order valence-electron chi connectivity index (χ4n) is 3.27. The van der Waals surface area contributed by atoms with Crippen molar-refractivity contribution in [3.63, 3.8) is 0 Å². The summed E-state index contributed by atoms with van der Waals surface area (Å²) in [6, 6.07) is 4.72. The molecule has 2 unspecified atom stereocenters. The Labute approximate surface area is 132 Å². The molecular weight excluding hydrogens is 303 g/mol. The van der Waals surface area contributed by atoms with Gasteiger partial charge in [-0.25, -0.2) is 9.18 Å². The molecule has 2 heterocycles. The van der Waals surface area contributed by atoms with Crippen molar-refractivity contribution in [2.45, 2.75) is 25.3 Å². The molecule has 23 heavy (non-hydrogen) atoms. The maximum atomic E-state index is 13.0. The molecule has 1 N–H and O–H groups in total. The molecule has 0 aliphatic carbocycles. The zero-order valence-electron chi connectivity index (χ0n) is 12.4.